The van der Waals surface area contributed by atoms with E-state index in [1.165, 1.54) is 6.07 Å². The van der Waals surface area contributed by atoms with Crippen LogP contribution in [-0.2, 0) is 4.74 Å². The average Bonchev–Trinajstić information content (AvgIpc) is 2.23. The summed E-state index contributed by atoms with van der Waals surface area (Å²) in [7, 11) is 0. The van der Waals surface area contributed by atoms with Crippen LogP contribution in [0.1, 0.15) is 13.3 Å². The Morgan fingerprint density at radius 2 is 2.20 bits per heavy atom. The van der Waals surface area contributed by atoms with E-state index < -0.39 is 0 Å². The summed E-state index contributed by atoms with van der Waals surface area (Å²) in [6, 6.07) is 4.86. The summed E-state index contributed by atoms with van der Waals surface area (Å²) in [6.45, 7) is 4.26. The van der Waals surface area contributed by atoms with Crippen LogP contribution in [0.15, 0.2) is 22.7 Å². The number of anilines is 1. The molecule has 0 aliphatic heterocycles. The third-order valence-corrected chi connectivity index (χ3v) is 2.45. The number of hydrogen-bond donors (Lipinski definition) is 1. The Bertz CT molecular complexity index is 307. The topological polar surface area (TPSA) is 21.3 Å². The second-order valence-corrected chi connectivity index (χ2v) is 4.02. The molecule has 2 nitrogen and oxygen atoms in total. The van der Waals surface area contributed by atoms with E-state index in [0.717, 1.165) is 25.3 Å². The van der Waals surface area contributed by atoms with Crippen LogP contribution in [-0.4, -0.2) is 19.8 Å². The Morgan fingerprint density at radius 3 is 2.87 bits per heavy atom. The SMILES string of the molecule is CCCOCCNc1ccc(F)c(Br)c1. The minimum absolute atomic E-state index is 0.247. The normalized spacial score (nSPS) is 10.3. The van der Waals surface area contributed by atoms with Crippen LogP contribution in [0.2, 0.25) is 0 Å². The largest absolute Gasteiger partial charge is 0.383 e. The van der Waals surface area contributed by atoms with E-state index in [1.54, 1.807) is 12.1 Å². The van der Waals surface area contributed by atoms with Crippen molar-refractivity contribution in [2.24, 2.45) is 0 Å². The minimum atomic E-state index is -0.247. The lowest BCUT2D eigenvalue weighted by molar-refractivity contribution is 0.144. The van der Waals surface area contributed by atoms with Crippen molar-refractivity contribution < 1.29 is 9.13 Å². The fourth-order valence-electron chi connectivity index (χ4n) is 1.12. The maximum absolute atomic E-state index is 12.9. The number of halogens is 2. The van der Waals surface area contributed by atoms with Crippen LogP contribution in [0.25, 0.3) is 0 Å². The van der Waals surface area contributed by atoms with Gasteiger partial charge in [0.15, 0.2) is 0 Å². The Morgan fingerprint density at radius 1 is 1.40 bits per heavy atom. The van der Waals surface area contributed by atoms with E-state index >= 15 is 0 Å². The molecule has 84 valence electrons. The van der Waals surface area contributed by atoms with Gasteiger partial charge < -0.3 is 10.1 Å². The molecule has 1 aromatic carbocycles. The third-order valence-electron chi connectivity index (χ3n) is 1.84. The zero-order chi connectivity index (χ0) is 11.1. The van der Waals surface area contributed by atoms with E-state index in [9.17, 15) is 4.39 Å². The first-order valence-corrected chi connectivity index (χ1v) is 5.80. The van der Waals surface area contributed by atoms with Crippen molar-refractivity contribution >= 4 is 21.6 Å². The highest BCUT2D eigenvalue weighted by atomic mass is 79.9. The van der Waals surface area contributed by atoms with Crippen molar-refractivity contribution in [3.8, 4) is 0 Å². The molecule has 0 radical (unpaired) electrons. The summed E-state index contributed by atoms with van der Waals surface area (Å²) in [5.74, 6) is -0.247. The van der Waals surface area contributed by atoms with Gasteiger partial charge >= 0.3 is 0 Å². The van der Waals surface area contributed by atoms with Gasteiger partial charge in [-0.15, -0.1) is 0 Å². The lowest BCUT2D eigenvalue weighted by atomic mass is 10.3. The van der Waals surface area contributed by atoms with Gasteiger partial charge in [0.1, 0.15) is 5.82 Å². The Labute approximate surface area is 98.0 Å². The van der Waals surface area contributed by atoms with Gasteiger partial charge in [-0.25, -0.2) is 4.39 Å². The van der Waals surface area contributed by atoms with Crippen LogP contribution in [0, 0.1) is 5.82 Å². The summed E-state index contributed by atoms with van der Waals surface area (Å²) in [6.07, 6.45) is 1.03. The zero-order valence-corrected chi connectivity index (χ0v) is 10.3. The lowest BCUT2D eigenvalue weighted by Crippen LogP contribution is -2.09. The van der Waals surface area contributed by atoms with Crippen LogP contribution in [0.5, 0.6) is 0 Å². The summed E-state index contributed by atoms with van der Waals surface area (Å²) >= 11 is 3.13. The smallest absolute Gasteiger partial charge is 0.137 e. The fraction of sp³-hybridized carbons (Fsp3) is 0.455. The molecule has 0 bridgehead atoms. The Balaban J connectivity index is 2.28. The molecule has 1 N–H and O–H groups in total. The molecular weight excluding hydrogens is 261 g/mol. The maximum atomic E-state index is 12.9. The Kier molecular flexibility index (Phi) is 5.65. The van der Waals surface area contributed by atoms with Gasteiger partial charge in [0.2, 0.25) is 0 Å². The van der Waals surface area contributed by atoms with Gasteiger partial charge in [0, 0.05) is 18.8 Å². The summed E-state index contributed by atoms with van der Waals surface area (Å²) in [5, 5.41) is 3.15. The van der Waals surface area contributed by atoms with Crippen molar-refractivity contribution in [1.82, 2.24) is 0 Å². The predicted octanol–water partition coefficient (Wildman–Crippen LogP) is 3.43. The van der Waals surface area contributed by atoms with E-state index in [2.05, 4.69) is 28.2 Å². The molecule has 0 saturated heterocycles. The number of nitrogens with one attached hydrogen (secondary N) is 1. The molecule has 0 aliphatic rings. The molecule has 0 saturated carbocycles. The predicted molar refractivity (Wildman–Crippen MR) is 63.7 cm³/mol. The van der Waals surface area contributed by atoms with Crippen LogP contribution in [0.3, 0.4) is 0 Å². The van der Waals surface area contributed by atoms with Crippen molar-refractivity contribution in [1.29, 1.82) is 0 Å². The number of rotatable bonds is 6. The number of ether oxygens (including phenoxy) is 1. The van der Waals surface area contributed by atoms with Crippen molar-refractivity contribution in [2.45, 2.75) is 13.3 Å². The molecule has 0 amide bonds. The van der Waals surface area contributed by atoms with Gasteiger partial charge in [-0.1, -0.05) is 6.92 Å². The first kappa shape index (κ1) is 12.5. The highest BCUT2D eigenvalue weighted by Crippen LogP contribution is 2.19. The molecule has 15 heavy (non-hydrogen) atoms. The fourth-order valence-corrected chi connectivity index (χ4v) is 1.50. The van der Waals surface area contributed by atoms with Gasteiger partial charge in [-0.3, -0.25) is 0 Å². The Hall–Kier alpha value is -0.610. The number of benzene rings is 1. The standard InChI is InChI=1S/C11H15BrFNO/c1-2-6-15-7-5-14-9-3-4-11(13)10(12)8-9/h3-4,8,14H,2,5-7H2,1H3. The van der Waals surface area contributed by atoms with E-state index in [1.807, 2.05) is 0 Å². The highest BCUT2D eigenvalue weighted by Gasteiger charge is 1.99. The highest BCUT2D eigenvalue weighted by molar-refractivity contribution is 9.10. The van der Waals surface area contributed by atoms with Gasteiger partial charge in [-0.2, -0.15) is 0 Å². The van der Waals surface area contributed by atoms with Gasteiger partial charge in [-0.05, 0) is 40.5 Å². The summed E-state index contributed by atoms with van der Waals surface area (Å²) < 4.78 is 18.7. The van der Waals surface area contributed by atoms with Gasteiger partial charge in [0.05, 0.1) is 11.1 Å². The molecule has 0 spiro atoms. The molecule has 0 fully saturated rings. The molecule has 1 aromatic rings. The number of hydrogen-bond acceptors (Lipinski definition) is 2. The first-order chi connectivity index (χ1) is 7.24. The molecule has 1 rings (SSSR count). The van der Waals surface area contributed by atoms with E-state index in [0.29, 0.717) is 11.1 Å². The average molecular weight is 276 g/mol. The van der Waals surface area contributed by atoms with E-state index in [-0.39, 0.29) is 5.82 Å². The lowest BCUT2D eigenvalue weighted by Gasteiger charge is -2.07. The second kappa shape index (κ2) is 6.80. The molecule has 0 heterocycles. The van der Waals surface area contributed by atoms with Crippen LogP contribution in [0.4, 0.5) is 10.1 Å². The quantitative estimate of drug-likeness (QED) is 0.804. The van der Waals surface area contributed by atoms with Crippen molar-refractivity contribution in [3.05, 3.63) is 28.5 Å². The zero-order valence-electron chi connectivity index (χ0n) is 8.72. The first-order valence-electron chi connectivity index (χ1n) is 5.00. The van der Waals surface area contributed by atoms with Gasteiger partial charge in [0.25, 0.3) is 0 Å². The molecule has 0 aromatic heterocycles. The van der Waals surface area contributed by atoms with E-state index in [4.69, 9.17) is 4.74 Å². The second-order valence-electron chi connectivity index (χ2n) is 3.17. The molecule has 0 atom stereocenters. The molecular formula is C11H15BrFNO. The monoisotopic (exact) mass is 275 g/mol. The van der Waals surface area contributed by atoms with Crippen molar-refractivity contribution in [2.75, 3.05) is 25.1 Å². The minimum Gasteiger partial charge on any atom is -0.383 e. The van der Waals surface area contributed by atoms with Crippen molar-refractivity contribution in [3.63, 3.8) is 0 Å². The third kappa shape index (κ3) is 4.62. The van der Waals surface area contributed by atoms with Crippen LogP contribution >= 0.6 is 15.9 Å². The molecule has 4 heteroatoms. The maximum Gasteiger partial charge on any atom is 0.137 e. The van der Waals surface area contributed by atoms with Crippen LogP contribution < -0.4 is 5.32 Å². The molecule has 0 aliphatic carbocycles. The summed E-state index contributed by atoms with van der Waals surface area (Å²) in [4.78, 5) is 0. The summed E-state index contributed by atoms with van der Waals surface area (Å²) in [5.41, 5.74) is 0.892. The molecule has 0 unspecified atom stereocenters.